The molecule has 6 heteroatoms. The molecule has 0 spiro atoms. The summed E-state index contributed by atoms with van der Waals surface area (Å²) in [5, 5.41) is 3.02. The number of amides is 1. The van der Waals surface area contributed by atoms with Crippen molar-refractivity contribution in [2.45, 2.75) is 26.3 Å². The Balaban J connectivity index is 1.58. The highest BCUT2D eigenvalue weighted by molar-refractivity contribution is 5.97. The average Bonchev–Trinajstić information content (AvgIpc) is 3.11. The van der Waals surface area contributed by atoms with E-state index in [-0.39, 0.29) is 11.9 Å². The Hall–Kier alpha value is -2.18. The molecule has 1 aliphatic heterocycles. The topological polar surface area (TPSA) is 67.6 Å². The van der Waals surface area contributed by atoms with E-state index in [0.29, 0.717) is 11.5 Å². The van der Waals surface area contributed by atoms with Crippen molar-refractivity contribution in [1.82, 2.24) is 15.2 Å². The van der Waals surface area contributed by atoms with Gasteiger partial charge >= 0.3 is 0 Å². The van der Waals surface area contributed by atoms with E-state index < -0.39 is 0 Å². The fourth-order valence-electron chi connectivity index (χ4n) is 2.88. The van der Waals surface area contributed by atoms with Gasteiger partial charge in [0.1, 0.15) is 0 Å². The number of ether oxygens (including phenoxy) is 1. The summed E-state index contributed by atoms with van der Waals surface area (Å²) < 4.78 is 10.8. The number of benzene rings is 1. The molecule has 1 fully saturated rings. The first-order valence-electron chi connectivity index (χ1n) is 8.75. The van der Waals surface area contributed by atoms with Crippen LogP contribution < -0.4 is 5.32 Å². The molecule has 1 aromatic carbocycles. The smallest absolute Gasteiger partial charge is 0.274 e. The summed E-state index contributed by atoms with van der Waals surface area (Å²) in [6, 6.07) is 7.93. The second-order valence-corrected chi connectivity index (χ2v) is 6.51. The summed E-state index contributed by atoms with van der Waals surface area (Å²) in [4.78, 5) is 19.0. The molecule has 1 saturated heterocycles. The van der Waals surface area contributed by atoms with Crippen LogP contribution in [0, 0.1) is 6.92 Å². The zero-order valence-corrected chi connectivity index (χ0v) is 14.8. The van der Waals surface area contributed by atoms with E-state index in [0.717, 1.165) is 50.4 Å². The predicted molar refractivity (Wildman–Crippen MR) is 95.5 cm³/mol. The Bertz CT molecular complexity index is 690. The number of morpholine rings is 1. The van der Waals surface area contributed by atoms with Gasteiger partial charge in [0.2, 0.25) is 0 Å². The molecular formula is C19H25N3O3. The lowest BCUT2D eigenvalue weighted by Gasteiger charge is -2.27. The molecule has 3 rings (SSSR count). The third-order valence-electron chi connectivity index (χ3n) is 4.46. The van der Waals surface area contributed by atoms with Crippen LogP contribution in [0.4, 0.5) is 0 Å². The number of nitrogens with one attached hydrogen (secondary N) is 1. The van der Waals surface area contributed by atoms with E-state index in [9.17, 15) is 4.79 Å². The van der Waals surface area contributed by atoms with Crippen LogP contribution in [0.2, 0.25) is 0 Å². The fourth-order valence-corrected chi connectivity index (χ4v) is 2.88. The Kier molecular flexibility index (Phi) is 5.83. The third kappa shape index (κ3) is 4.67. The number of hydrogen-bond acceptors (Lipinski definition) is 5. The van der Waals surface area contributed by atoms with Crippen LogP contribution in [0.3, 0.4) is 0 Å². The first-order chi connectivity index (χ1) is 12.1. The standard InChI is InChI=1S/C19H25N3O3/c1-14-3-5-16(6-4-14)18-17(20-13-25-18)19(23)21-15(2)7-8-22-9-11-24-12-10-22/h3-6,13,15H,7-12H2,1-2H3,(H,21,23)/t15-/m0/s1. The first kappa shape index (κ1) is 17.6. The highest BCUT2D eigenvalue weighted by Crippen LogP contribution is 2.23. The largest absolute Gasteiger partial charge is 0.443 e. The number of nitrogens with zero attached hydrogens (tertiary/aromatic N) is 2. The van der Waals surface area contributed by atoms with E-state index in [1.807, 2.05) is 38.1 Å². The minimum Gasteiger partial charge on any atom is -0.443 e. The number of carbonyl (C=O) groups excluding carboxylic acids is 1. The molecule has 1 aliphatic rings. The molecule has 6 nitrogen and oxygen atoms in total. The van der Waals surface area contributed by atoms with E-state index in [1.165, 1.54) is 6.39 Å². The Morgan fingerprint density at radius 1 is 1.28 bits per heavy atom. The zero-order valence-electron chi connectivity index (χ0n) is 14.8. The van der Waals surface area contributed by atoms with Crippen molar-refractivity contribution < 1.29 is 13.9 Å². The number of rotatable bonds is 6. The Morgan fingerprint density at radius 3 is 2.72 bits per heavy atom. The van der Waals surface area contributed by atoms with Crippen molar-refractivity contribution in [3.05, 3.63) is 41.9 Å². The molecule has 1 amide bonds. The maximum absolute atomic E-state index is 12.6. The molecular weight excluding hydrogens is 318 g/mol. The van der Waals surface area contributed by atoms with Gasteiger partial charge in [-0.15, -0.1) is 0 Å². The maximum Gasteiger partial charge on any atom is 0.274 e. The quantitative estimate of drug-likeness (QED) is 0.873. The molecule has 1 N–H and O–H groups in total. The van der Waals surface area contributed by atoms with Gasteiger partial charge in [0.15, 0.2) is 17.8 Å². The molecule has 25 heavy (non-hydrogen) atoms. The van der Waals surface area contributed by atoms with Gasteiger partial charge in [0.05, 0.1) is 13.2 Å². The van der Waals surface area contributed by atoms with Crippen molar-refractivity contribution >= 4 is 5.91 Å². The van der Waals surface area contributed by atoms with Gasteiger partial charge in [0.25, 0.3) is 5.91 Å². The normalized spacial score (nSPS) is 16.6. The number of aromatic nitrogens is 1. The summed E-state index contributed by atoms with van der Waals surface area (Å²) in [6.45, 7) is 8.49. The van der Waals surface area contributed by atoms with Gasteiger partial charge in [0, 0.05) is 31.2 Å². The molecule has 0 unspecified atom stereocenters. The lowest BCUT2D eigenvalue weighted by atomic mass is 10.1. The van der Waals surface area contributed by atoms with Crippen molar-refractivity contribution in [3.8, 4) is 11.3 Å². The van der Waals surface area contributed by atoms with Crippen molar-refractivity contribution in [1.29, 1.82) is 0 Å². The third-order valence-corrected chi connectivity index (χ3v) is 4.46. The molecule has 2 heterocycles. The highest BCUT2D eigenvalue weighted by Gasteiger charge is 2.20. The maximum atomic E-state index is 12.6. The van der Waals surface area contributed by atoms with Crippen molar-refractivity contribution in [2.24, 2.45) is 0 Å². The van der Waals surface area contributed by atoms with E-state index >= 15 is 0 Å². The molecule has 0 bridgehead atoms. The molecule has 1 atom stereocenters. The van der Waals surface area contributed by atoms with Gasteiger partial charge in [-0.05, 0) is 20.3 Å². The minimum absolute atomic E-state index is 0.0675. The van der Waals surface area contributed by atoms with Crippen LogP contribution in [0.15, 0.2) is 35.1 Å². The first-order valence-corrected chi connectivity index (χ1v) is 8.75. The molecule has 0 saturated carbocycles. The number of hydrogen-bond donors (Lipinski definition) is 1. The van der Waals surface area contributed by atoms with Gasteiger partial charge in [-0.3, -0.25) is 9.69 Å². The SMILES string of the molecule is Cc1ccc(-c2ocnc2C(=O)N[C@@H](C)CCN2CCOCC2)cc1. The molecule has 1 aromatic heterocycles. The van der Waals surface area contributed by atoms with Crippen LogP contribution in [0.5, 0.6) is 0 Å². The highest BCUT2D eigenvalue weighted by atomic mass is 16.5. The van der Waals surface area contributed by atoms with Gasteiger partial charge in [-0.1, -0.05) is 29.8 Å². The minimum atomic E-state index is -0.196. The lowest BCUT2D eigenvalue weighted by molar-refractivity contribution is 0.0363. The number of carbonyl (C=O) groups is 1. The molecule has 0 radical (unpaired) electrons. The van der Waals surface area contributed by atoms with Gasteiger partial charge < -0.3 is 14.5 Å². The van der Waals surface area contributed by atoms with Gasteiger partial charge in [-0.25, -0.2) is 4.98 Å². The fraction of sp³-hybridized carbons (Fsp3) is 0.474. The summed E-state index contributed by atoms with van der Waals surface area (Å²) in [5.74, 6) is 0.316. The van der Waals surface area contributed by atoms with Crippen LogP contribution in [-0.2, 0) is 4.74 Å². The number of oxazole rings is 1. The lowest BCUT2D eigenvalue weighted by Crippen LogP contribution is -2.40. The van der Waals surface area contributed by atoms with Gasteiger partial charge in [-0.2, -0.15) is 0 Å². The summed E-state index contributed by atoms with van der Waals surface area (Å²) in [5.41, 5.74) is 2.35. The van der Waals surface area contributed by atoms with Crippen LogP contribution in [-0.4, -0.2) is 54.7 Å². The van der Waals surface area contributed by atoms with Crippen LogP contribution in [0.1, 0.15) is 29.4 Å². The molecule has 2 aromatic rings. The number of aryl methyl sites for hydroxylation is 1. The average molecular weight is 343 g/mol. The van der Waals surface area contributed by atoms with E-state index in [1.54, 1.807) is 0 Å². The second-order valence-electron chi connectivity index (χ2n) is 6.51. The molecule has 134 valence electrons. The summed E-state index contributed by atoms with van der Waals surface area (Å²) in [6.07, 6.45) is 2.21. The van der Waals surface area contributed by atoms with Crippen molar-refractivity contribution in [3.63, 3.8) is 0 Å². The van der Waals surface area contributed by atoms with E-state index in [2.05, 4.69) is 15.2 Å². The summed E-state index contributed by atoms with van der Waals surface area (Å²) >= 11 is 0. The van der Waals surface area contributed by atoms with Crippen LogP contribution in [0.25, 0.3) is 11.3 Å². The zero-order chi connectivity index (χ0) is 17.6. The second kappa shape index (κ2) is 8.27. The molecule has 0 aliphatic carbocycles. The predicted octanol–water partition coefficient (Wildman–Crippen LogP) is 2.49. The Morgan fingerprint density at radius 2 is 2.00 bits per heavy atom. The summed E-state index contributed by atoms with van der Waals surface area (Å²) in [7, 11) is 0. The monoisotopic (exact) mass is 343 g/mol. The Labute approximate surface area is 148 Å². The van der Waals surface area contributed by atoms with Crippen molar-refractivity contribution in [2.75, 3.05) is 32.8 Å². The van der Waals surface area contributed by atoms with Crippen LogP contribution >= 0.6 is 0 Å². The van der Waals surface area contributed by atoms with E-state index in [4.69, 9.17) is 9.15 Å².